The quantitative estimate of drug-likeness (QED) is 0.832. The summed E-state index contributed by atoms with van der Waals surface area (Å²) in [5, 5.41) is 3.10. The minimum atomic E-state index is -0.208. The number of hydrogen-bond acceptors (Lipinski definition) is 3. The van der Waals surface area contributed by atoms with Gasteiger partial charge < -0.3 is 10.2 Å². The van der Waals surface area contributed by atoms with Crippen molar-refractivity contribution >= 4 is 11.6 Å². The third-order valence-electron chi connectivity index (χ3n) is 4.52. The zero-order chi connectivity index (χ0) is 17.5. The summed E-state index contributed by atoms with van der Waals surface area (Å²) in [6.07, 6.45) is 2.17. The Hall–Kier alpha value is -1.62. The summed E-state index contributed by atoms with van der Waals surface area (Å²) in [6.45, 7) is 10.4. The van der Waals surface area contributed by atoms with Crippen molar-refractivity contribution in [1.29, 1.82) is 0 Å². The topological polar surface area (TPSA) is 35.6 Å². The van der Waals surface area contributed by atoms with Gasteiger partial charge in [0.05, 0.1) is 6.54 Å². The first kappa shape index (κ1) is 18.7. The molecule has 1 heterocycles. The summed E-state index contributed by atoms with van der Waals surface area (Å²) in [4.78, 5) is 16.6. The second kappa shape index (κ2) is 9.02. The van der Waals surface area contributed by atoms with Crippen molar-refractivity contribution in [2.45, 2.75) is 39.7 Å². The fraction of sp³-hybridized carbons (Fsp3) is 0.632. The molecule has 0 unspecified atom stereocenters. The van der Waals surface area contributed by atoms with Crippen LogP contribution < -0.4 is 10.2 Å². The molecule has 5 heteroatoms. The van der Waals surface area contributed by atoms with E-state index in [0.717, 1.165) is 44.7 Å². The van der Waals surface area contributed by atoms with Crippen LogP contribution in [0.15, 0.2) is 24.3 Å². The molecule has 2 rings (SSSR count). The van der Waals surface area contributed by atoms with Gasteiger partial charge in [0, 0.05) is 37.9 Å². The van der Waals surface area contributed by atoms with Crippen molar-refractivity contribution < 1.29 is 9.18 Å². The lowest BCUT2D eigenvalue weighted by Gasteiger charge is -2.35. The fourth-order valence-corrected chi connectivity index (χ4v) is 3.00. The molecule has 0 saturated carbocycles. The number of hydrogen-bond donors (Lipinski definition) is 1. The maximum absolute atomic E-state index is 13.0. The minimum Gasteiger partial charge on any atom is -0.369 e. The van der Waals surface area contributed by atoms with Crippen LogP contribution in [-0.4, -0.2) is 49.6 Å². The molecule has 134 valence electrons. The molecule has 4 nitrogen and oxygen atoms in total. The molecular formula is C19H30FN3O. The number of amides is 1. The zero-order valence-electron chi connectivity index (χ0n) is 15.1. The standard InChI is InChI=1S/C19H30FN3O/c1-15(2)4-5-16(3)21-19(24)14-22-10-12-23(13-11-22)18-8-6-17(20)7-9-18/h6-9,15-16H,4-5,10-14H2,1-3H3,(H,21,24)/t16-/m1/s1. The third kappa shape index (κ3) is 6.11. The summed E-state index contributed by atoms with van der Waals surface area (Å²) in [5.74, 6) is 0.575. The highest BCUT2D eigenvalue weighted by Crippen LogP contribution is 2.16. The highest BCUT2D eigenvalue weighted by Gasteiger charge is 2.19. The highest BCUT2D eigenvalue weighted by molar-refractivity contribution is 5.78. The Labute approximate surface area is 145 Å². The molecule has 0 aromatic heterocycles. The van der Waals surface area contributed by atoms with Gasteiger partial charge in [0.2, 0.25) is 5.91 Å². The van der Waals surface area contributed by atoms with Crippen LogP contribution in [0, 0.1) is 11.7 Å². The van der Waals surface area contributed by atoms with Crippen LogP contribution in [-0.2, 0) is 4.79 Å². The lowest BCUT2D eigenvalue weighted by Crippen LogP contribution is -2.50. The number of piperazine rings is 1. The van der Waals surface area contributed by atoms with Crippen LogP contribution >= 0.6 is 0 Å². The second-order valence-electron chi connectivity index (χ2n) is 7.18. The predicted molar refractivity (Wildman–Crippen MR) is 96.7 cm³/mol. The van der Waals surface area contributed by atoms with E-state index in [1.165, 1.54) is 12.1 Å². The van der Waals surface area contributed by atoms with Gasteiger partial charge in [0.1, 0.15) is 5.82 Å². The molecule has 1 fully saturated rings. The molecule has 0 radical (unpaired) electrons. The summed E-state index contributed by atoms with van der Waals surface area (Å²) >= 11 is 0. The molecule has 1 atom stereocenters. The number of carbonyl (C=O) groups excluding carboxylic acids is 1. The van der Waals surface area contributed by atoms with E-state index in [-0.39, 0.29) is 17.8 Å². The predicted octanol–water partition coefficient (Wildman–Crippen LogP) is 2.89. The van der Waals surface area contributed by atoms with E-state index < -0.39 is 0 Å². The number of nitrogens with zero attached hydrogens (tertiary/aromatic N) is 2. The van der Waals surface area contributed by atoms with Gasteiger partial charge in [-0.05, 0) is 49.9 Å². The van der Waals surface area contributed by atoms with Crippen molar-refractivity contribution in [2.24, 2.45) is 5.92 Å². The minimum absolute atomic E-state index is 0.112. The lowest BCUT2D eigenvalue weighted by molar-refractivity contribution is -0.123. The van der Waals surface area contributed by atoms with E-state index in [1.807, 2.05) is 12.1 Å². The smallest absolute Gasteiger partial charge is 0.234 e. The van der Waals surface area contributed by atoms with Crippen molar-refractivity contribution in [2.75, 3.05) is 37.6 Å². The fourth-order valence-electron chi connectivity index (χ4n) is 3.00. The Kier molecular flexibility index (Phi) is 7.03. The van der Waals surface area contributed by atoms with Gasteiger partial charge >= 0.3 is 0 Å². The molecule has 1 aromatic rings. The van der Waals surface area contributed by atoms with Gasteiger partial charge in [0.15, 0.2) is 0 Å². The Morgan fingerprint density at radius 3 is 2.29 bits per heavy atom. The van der Waals surface area contributed by atoms with E-state index in [0.29, 0.717) is 12.5 Å². The van der Waals surface area contributed by atoms with Crippen molar-refractivity contribution in [3.05, 3.63) is 30.1 Å². The molecule has 1 aliphatic heterocycles. The summed E-state index contributed by atoms with van der Waals surface area (Å²) in [5.41, 5.74) is 1.04. The number of rotatable bonds is 7. The van der Waals surface area contributed by atoms with Crippen LogP contribution in [0.25, 0.3) is 0 Å². The van der Waals surface area contributed by atoms with E-state index >= 15 is 0 Å². The molecule has 0 bridgehead atoms. The molecule has 0 aliphatic carbocycles. The Balaban J connectivity index is 1.70. The van der Waals surface area contributed by atoms with E-state index in [2.05, 4.69) is 35.9 Å². The number of nitrogens with one attached hydrogen (secondary N) is 1. The summed E-state index contributed by atoms with van der Waals surface area (Å²) < 4.78 is 13.0. The molecule has 24 heavy (non-hydrogen) atoms. The Bertz CT molecular complexity index is 510. The van der Waals surface area contributed by atoms with Crippen LogP contribution in [0.1, 0.15) is 33.6 Å². The summed E-state index contributed by atoms with van der Waals surface area (Å²) in [6, 6.07) is 6.85. The molecule has 0 spiro atoms. The van der Waals surface area contributed by atoms with Gasteiger partial charge in [-0.3, -0.25) is 9.69 Å². The molecular weight excluding hydrogens is 305 g/mol. The summed E-state index contributed by atoms with van der Waals surface area (Å²) in [7, 11) is 0. The maximum Gasteiger partial charge on any atom is 0.234 e. The molecule has 1 N–H and O–H groups in total. The zero-order valence-corrected chi connectivity index (χ0v) is 15.1. The van der Waals surface area contributed by atoms with E-state index in [9.17, 15) is 9.18 Å². The molecule has 1 aromatic carbocycles. The van der Waals surface area contributed by atoms with Gasteiger partial charge in [-0.2, -0.15) is 0 Å². The first-order valence-corrected chi connectivity index (χ1v) is 8.96. The maximum atomic E-state index is 13.0. The molecule has 1 amide bonds. The van der Waals surface area contributed by atoms with Crippen LogP contribution in [0.2, 0.25) is 0 Å². The highest BCUT2D eigenvalue weighted by atomic mass is 19.1. The molecule has 1 aliphatic rings. The van der Waals surface area contributed by atoms with Crippen molar-refractivity contribution in [3.63, 3.8) is 0 Å². The Morgan fingerprint density at radius 2 is 1.71 bits per heavy atom. The van der Waals surface area contributed by atoms with Crippen LogP contribution in [0.4, 0.5) is 10.1 Å². The monoisotopic (exact) mass is 335 g/mol. The molecule has 1 saturated heterocycles. The van der Waals surface area contributed by atoms with Gasteiger partial charge in [-0.1, -0.05) is 13.8 Å². The third-order valence-corrected chi connectivity index (χ3v) is 4.52. The van der Waals surface area contributed by atoms with Gasteiger partial charge in [-0.15, -0.1) is 0 Å². The van der Waals surface area contributed by atoms with E-state index in [4.69, 9.17) is 0 Å². The van der Waals surface area contributed by atoms with Crippen molar-refractivity contribution in [3.8, 4) is 0 Å². The largest absolute Gasteiger partial charge is 0.369 e. The number of benzene rings is 1. The average Bonchev–Trinajstić information content (AvgIpc) is 2.54. The number of carbonyl (C=O) groups is 1. The SMILES string of the molecule is CC(C)CC[C@@H](C)NC(=O)CN1CCN(c2ccc(F)cc2)CC1. The number of halogens is 1. The van der Waals surface area contributed by atoms with Crippen LogP contribution in [0.3, 0.4) is 0 Å². The van der Waals surface area contributed by atoms with Crippen molar-refractivity contribution in [1.82, 2.24) is 10.2 Å². The number of anilines is 1. The van der Waals surface area contributed by atoms with Crippen LogP contribution in [0.5, 0.6) is 0 Å². The van der Waals surface area contributed by atoms with Gasteiger partial charge in [-0.25, -0.2) is 4.39 Å². The first-order valence-electron chi connectivity index (χ1n) is 8.96. The van der Waals surface area contributed by atoms with E-state index in [1.54, 1.807) is 0 Å². The average molecular weight is 335 g/mol. The Morgan fingerprint density at radius 1 is 1.08 bits per heavy atom. The van der Waals surface area contributed by atoms with Gasteiger partial charge in [0.25, 0.3) is 0 Å². The first-order chi connectivity index (χ1) is 11.4. The lowest BCUT2D eigenvalue weighted by atomic mass is 10.0. The normalized spacial score (nSPS) is 17.1. The second-order valence-corrected chi connectivity index (χ2v) is 7.18.